The average Bonchev–Trinajstić information content (AvgIpc) is 2.99. The summed E-state index contributed by atoms with van der Waals surface area (Å²) < 4.78 is 0. The Bertz CT molecular complexity index is 890. The molecule has 2 aromatic carbocycles. The Hall–Kier alpha value is -3.08. The first-order valence-electron chi connectivity index (χ1n) is 8.09. The van der Waals surface area contributed by atoms with Crippen molar-refractivity contribution in [1.29, 1.82) is 0 Å². The minimum Gasteiger partial charge on any atom is -0.293 e. The number of hydrogen-bond acceptors (Lipinski definition) is 4. The molecule has 0 aromatic heterocycles. The topological polar surface area (TPSA) is 71.5 Å². The summed E-state index contributed by atoms with van der Waals surface area (Å²) in [7, 11) is 0. The second-order valence-electron chi connectivity index (χ2n) is 6.59. The van der Waals surface area contributed by atoms with Crippen molar-refractivity contribution in [3.05, 3.63) is 70.8 Å². The van der Waals surface area contributed by atoms with E-state index in [0.717, 1.165) is 4.90 Å². The van der Waals surface area contributed by atoms with Crippen LogP contribution in [0.3, 0.4) is 0 Å². The molecule has 5 nitrogen and oxygen atoms in total. The average molecular weight is 333 g/mol. The summed E-state index contributed by atoms with van der Waals surface area (Å²) in [4.78, 5) is 51.4. The molecular formula is C20H15NO4. The number of carbonyl (C=O) groups is 4. The molecule has 0 N–H and O–H groups in total. The van der Waals surface area contributed by atoms with Gasteiger partial charge in [-0.15, -0.1) is 0 Å². The highest BCUT2D eigenvalue weighted by molar-refractivity contribution is 6.29. The van der Waals surface area contributed by atoms with E-state index in [4.69, 9.17) is 0 Å². The van der Waals surface area contributed by atoms with E-state index in [1.807, 2.05) is 0 Å². The predicted octanol–water partition coefficient (Wildman–Crippen LogP) is 2.76. The smallest absolute Gasteiger partial charge is 0.261 e. The molecular weight excluding hydrogens is 318 g/mol. The lowest BCUT2D eigenvalue weighted by Crippen LogP contribution is -2.38. The maximum absolute atomic E-state index is 12.7. The second kappa shape index (κ2) is 5.21. The summed E-state index contributed by atoms with van der Waals surface area (Å²) in [6, 6.07) is 13.4. The van der Waals surface area contributed by atoms with Gasteiger partial charge >= 0.3 is 0 Å². The Kier molecular flexibility index (Phi) is 3.22. The van der Waals surface area contributed by atoms with Gasteiger partial charge in [0.25, 0.3) is 11.8 Å². The third-order valence-electron chi connectivity index (χ3n) is 5.13. The van der Waals surface area contributed by atoms with Gasteiger partial charge in [-0.25, -0.2) is 0 Å². The molecule has 0 spiro atoms. The summed E-state index contributed by atoms with van der Waals surface area (Å²) in [6.45, 7) is 1.63. The van der Waals surface area contributed by atoms with Crippen molar-refractivity contribution < 1.29 is 19.2 Å². The number of amides is 2. The highest BCUT2D eigenvalue weighted by atomic mass is 16.2. The summed E-state index contributed by atoms with van der Waals surface area (Å²) >= 11 is 0. The lowest BCUT2D eigenvalue weighted by atomic mass is 9.81. The Labute approximate surface area is 144 Å². The molecule has 0 atom stereocenters. The van der Waals surface area contributed by atoms with Crippen LogP contribution in [0.15, 0.2) is 48.5 Å². The standard InChI is InChI=1S/C20H15NO4/c1-20(16(22)12-6-2-3-7-13(12)17(20)23)10-11-21-18(24)14-8-4-5-9-15(14)19(21)25/h2-9H,10-11H2,1H3. The number of rotatable bonds is 3. The largest absolute Gasteiger partial charge is 0.293 e. The monoisotopic (exact) mass is 333 g/mol. The van der Waals surface area contributed by atoms with E-state index >= 15 is 0 Å². The van der Waals surface area contributed by atoms with Gasteiger partial charge in [0.15, 0.2) is 11.6 Å². The van der Waals surface area contributed by atoms with Gasteiger partial charge in [-0.2, -0.15) is 0 Å². The fraction of sp³-hybridized carbons (Fsp3) is 0.200. The lowest BCUT2D eigenvalue weighted by molar-refractivity contribution is 0.0581. The maximum Gasteiger partial charge on any atom is 0.261 e. The van der Waals surface area contributed by atoms with Gasteiger partial charge in [-0.3, -0.25) is 24.1 Å². The molecule has 124 valence electrons. The number of ketones is 2. The van der Waals surface area contributed by atoms with Crippen LogP contribution in [-0.4, -0.2) is 34.8 Å². The molecule has 2 aromatic rings. The molecule has 1 heterocycles. The molecule has 2 aliphatic rings. The summed E-state index contributed by atoms with van der Waals surface area (Å²) in [6.07, 6.45) is 0.116. The van der Waals surface area contributed by atoms with Gasteiger partial charge in [0.2, 0.25) is 0 Å². The molecule has 5 heteroatoms. The quantitative estimate of drug-likeness (QED) is 0.639. The van der Waals surface area contributed by atoms with E-state index in [9.17, 15) is 19.2 Å². The predicted molar refractivity (Wildman–Crippen MR) is 89.6 cm³/mol. The highest BCUT2D eigenvalue weighted by Crippen LogP contribution is 2.39. The molecule has 0 radical (unpaired) electrons. The van der Waals surface area contributed by atoms with E-state index in [2.05, 4.69) is 0 Å². The highest BCUT2D eigenvalue weighted by Gasteiger charge is 2.49. The van der Waals surface area contributed by atoms with Crippen molar-refractivity contribution in [2.75, 3.05) is 6.54 Å². The van der Waals surface area contributed by atoms with E-state index in [1.165, 1.54) is 0 Å². The van der Waals surface area contributed by atoms with Crippen molar-refractivity contribution in [1.82, 2.24) is 4.90 Å². The minimum absolute atomic E-state index is 0.0360. The van der Waals surface area contributed by atoms with Gasteiger partial charge in [0.05, 0.1) is 16.5 Å². The Morgan fingerprint density at radius 1 is 0.720 bits per heavy atom. The number of benzene rings is 2. The first kappa shape index (κ1) is 15.4. The molecule has 0 bridgehead atoms. The second-order valence-corrected chi connectivity index (χ2v) is 6.59. The SMILES string of the molecule is CC1(CCN2C(=O)c3ccccc3C2=O)C(=O)c2ccccc2C1=O. The third kappa shape index (κ3) is 2.02. The fourth-order valence-electron chi connectivity index (χ4n) is 3.58. The van der Waals surface area contributed by atoms with Crippen molar-refractivity contribution >= 4 is 23.4 Å². The molecule has 0 fully saturated rings. The number of hydrogen-bond donors (Lipinski definition) is 0. The number of Topliss-reactive ketones (excluding diaryl/α,β-unsaturated/α-hetero) is 2. The van der Waals surface area contributed by atoms with Crippen molar-refractivity contribution in [2.45, 2.75) is 13.3 Å². The van der Waals surface area contributed by atoms with Crippen LogP contribution >= 0.6 is 0 Å². The molecule has 0 unspecified atom stereocenters. The van der Waals surface area contributed by atoms with Crippen LogP contribution in [0.5, 0.6) is 0 Å². The van der Waals surface area contributed by atoms with Gasteiger partial charge in [-0.1, -0.05) is 36.4 Å². The van der Waals surface area contributed by atoms with Crippen molar-refractivity contribution in [2.24, 2.45) is 5.41 Å². The van der Waals surface area contributed by atoms with E-state index in [0.29, 0.717) is 22.3 Å². The van der Waals surface area contributed by atoms with Gasteiger partial charge in [-0.05, 0) is 25.5 Å². The van der Waals surface area contributed by atoms with Crippen molar-refractivity contribution in [3.8, 4) is 0 Å². The number of nitrogens with zero attached hydrogens (tertiary/aromatic N) is 1. The first-order chi connectivity index (χ1) is 11.9. The summed E-state index contributed by atoms with van der Waals surface area (Å²) in [5.74, 6) is -1.24. The van der Waals surface area contributed by atoms with Crippen LogP contribution in [-0.2, 0) is 0 Å². The zero-order chi connectivity index (χ0) is 17.8. The normalized spacial score (nSPS) is 17.9. The van der Waals surface area contributed by atoms with Gasteiger partial charge in [0.1, 0.15) is 0 Å². The van der Waals surface area contributed by atoms with Crippen LogP contribution < -0.4 is 0 Å². The zero-order valence-corrected chi connectivity index (χ0v) is 13.6. The van der Waals surface area contributed by atoms with Gasteiger partial charge in [0, 0.05) is 17.7 Å². The summed E-state index contributed by atoms with van der Waals surface area (Å²) in [5, 5.41) is 0. The third-order valence-corrected chi connectivity index (χ3v) is 5.13. The molecule has 0 saturated heterocycles. The minimum atomic E-state index is -1.24. The number of fused-ring (bicyclic) bond motifs is 2. The number of imide groups is 1. The Morgan fingerprint density at radius 3 is 1.56 bits per heavy atom. The van der Waals surface area contributed by atoms with Crippen molar-refractivity contribution in [3.63, 3.8) is 0 Å². The van der Waals surface area contributed by atoms with Gasteiger partial charge < -0.3 is 0 Å². The maximum atomic E-state index is 12.7. The van der Waals surface area contributed by atoms with Crippen LogP contribution in [0.4, 0.5) is 0 Å². The fourth-order valence-corrected chi connectivity index (χ4v) is 3.58. The zero-order valence-electron chi connectivity index (χ0n) is 13.6. The van der Waals surface area contributed by atoms with E-state index < -0.39 is 5.41 Å². The van der Waals surface area contributed by atoms with E-state index in [-0.39, 0.29) is 36.3 Å². The molecule has 0 saturated carbocycles. The van der Waals surface area contributed by atoms with Crippen LogP contribution in [0.1, 0.15) is 54.8 Å². The Balaban J connectivity index is 1.59. The van der Waals surface area contributed by atoms with E-state index in [1.54, 1.807) is 55.5 Å². The molecule has 1 aliphatic carbocycles. The number of carbonyl (C=O) groups excluding carboxylic acids is 4. The summed E-state index contributed by atoms with van der Waals surface area (Å²) in [5.41, 5.74) is 0.323. The Morgan fingerprint density at radius 2 is 1.12 bits per heavy atom. The van der Waals surface area contributed by atoms with Crippen LogP contribution in [0, 0.1) is 5.41 Å². The lowest BCUT2D eigenvalue weighted by Gasteiger charge is -2.23. The molecule has 25 heavy (non-hydrogen) atoms. The molecule has 1 aliphatic heterocycles. The molecule has 2 amide bonds. The van der Waals surface area contributed by atoms with Crippen LogP contribution in [0.2, 0.25) is 0 Å². The first-order valence-corrected chi connectivity index (χ1v) is 8.09. The van der Waals surface area contributed by atoms with Crippen LogP contribution in [0.25, 0.3) is 0 Å². The molecule has 4 rings (SSSR count).